The molecule has 0 saturated heterocycles. The summed E-state index contributed by atoms with van der Waals surface area (Å²) in [6.07, 6.45) is 0.760. The smallest absolute Gasteiger partial charge is 0.250 e. The fourth-order valence-corrected chi connectivity index (χ4v) is 3.93. The summed E-state index contributed by atoms with van der Waals surface area (Å²) in [5.41, 5.74) is 1.13. The standard InChI is InChI=1S/C14H18N2O2S2/c1-16(13-7-3-2-4-8-13)11-6-10-15-20(17,18)14-9-5-12-19-14/h2-5,7-9,12,15H,6,10-11H2,1H3. The average Bonchev–Trinajstić information content (AvgIpc) is 2.99. The van der Waals surface area contributed by atoms with Crippen LogP contribution in [0.4, 0.5) is 5.69 Å². The molecule has 0 bridgehead atoms. The molecule has 1 heterocycles. The molecule has 1 N–H and O–H groups in total. The minimum atomic E-state index is -3.33. The minimum Gasteiger partial charge on any atom is -0.375 e. The van der Waals surface area contributed by atoms with Crippen molar-refractivity contribution in [1.82, 2.24) is 4.72 Å². The molecule has 20 heavy (non-hydrogen) atoms. The first-order valence-corrected chi connectivity index (χ1v) is 8.75. The van der Waals surface area contributed by atoms with Crippen LogP contribution in [0.15, 0.2) is 52.1 Å². The van der Waals surface area contributed by atoms with Gasteiger partial charge in [-0.05, 0) is 30.0 Å². The molecule has 0 radical (unpaired) electrons. The molecule has 2 aromatic rings. The van der Waals surface area contributed by atoms with Crippen molar-refractivity contribution in [3.05, 3.63) is 47.8 Å². The highest BCUT2D eigenvalue weighted by molar-refractivity contribution is 7.91. The van der Waals surface area contributed by atoms with Gasteiger partial charge in [-0.1, -0.05) is 24.3 Å². The lowest BCUT2D eigenvalue weighted by atomic mass is 10.3. The van der Waals surface area contributed by atoms with Crippen LogP contribution < -0.4 is 9.62 Å². The summed E-state index contributed by atoms with van der Waals surface area (Å²) in [7, 11) is -1.33. The monoisotopic (exact) mass is 310 g/mol. The normalized spacial score (nSPS) is 11.4. The molecule has 0 aliphatic carbocycles. The van der Waals surface area contributed by atoms with Crippen LogP contribution in [-0.4, -0.2) is 28.6 Å². The van der Waals surface area contributed by atoms with Crippen LogP contribution >= 0.6 is 11.3 Å². The highest BCUT2D eigenvalue weighted by atomic mass is 32.2. The Hall–Kier alpha value is -1.37. The van der Waals surface area contributed by atoms with Gasteiger partial charge in [0.05, 0.1) is 0 Å². The first kappa shape index (κ1) is 15.0. The molecule has 0 spiro atoms. The summed E-state index contributed by atoms with van der Waals surface area (Å²) >= 11 is 1.23. The number of nitrogens with one attached hydrogen (secondary N) is 1. The Bertz CT molecular complexity index is 610. The van der Waals surface area contributed by atoms with E-state index in [2.05, 4.69) is 9.62 Å². The molecule has 2 rings (SSSR count). The molecule has 108 valence electrons. The number of para-hydroxylation sites is 1. The van der Waals surface area contributed by atoms with Crippen molar-refractivity contribution >= 4 is 27.0 Å². The molecule has 1 aromatic heterocycles. The fourth-order valence-electron chi connectivity index (χ4n) is 1.82. The van der Waals surface area contributed by atoms with Gasteiger partial charge in [0.1, 0.15) is 4.21 Å². The SMILES string of the molecule is CN(CCCNS(=O)(=O)c1cccs1)c1ccccc1. The first-order valence-electron chi connectivity index (χ1n) is 6.39. The van der Waals surface area contributed by atoms with Gasteiger partial charge in [0, 0.05) is 25.8 Å². The molecule has 0 aliphatic heterocycles. The molecule has 0 fully saturated rings. The molecule has 1 aromatic carbocycles. The predicted molar refractivity (Wildman–Crippen MR) is 83.8 cm³/mol. The van der Waals surface area contributed by atoms with Gasteiger partial charge in [0.15, 0.2) is 0 Å². The third-order valence-corrected chi connectivity index (χ3v) is 5.78. The molecule has 0 saturated carbocycles. The van der Waals surface area contributed by atoms with Crippen molar-refractivity contribution in [2.24, 2.45) is 0 Å². The largest absolute Gasteiger partial charge is 0.375 e. The van der Waals surface area contributed by atoms with Crippen molar-refractivity contribution in [2.75, 3.05) is 25.0 Å². The third kappa shape index (κ3) is 4.06. The van der Waals surface area contributed by atoms with E-state index in [1.54, 1.807) is 17.5 Å². The van der Waals surface area contributed by atoms with Gasteiger partial charge >= 0.3 is 0 Å². The van der Waals surface area contributed by atoms with Gasteiger partial charge in [-0.25, -0.2) is 13.1 Å². The fraction of sp³-hybridized carbons (Fsp3) is 0.286. The van der Waals surface area contributed by atoms with Crippen LogP contribution in [0.1, 0.15) is 6.42 Å². The zero-order chi connectivity index (χ0) is 14.4. The molecular weight excluding hydrogens is 292 g/mol. The Labute approximate surface area is 124 Å². The van der Waals surface area contributed by atoms with Gasteiger partial charge in [-0.2, -0.15) is 0 Å². The maximum absolute atomic E-state index is 11.9. The van der Waals surface area contributed by atoms with E-state index in [1.165, 1.54) is 11.3 Å². The number of rotatable bonds is 7. The summed E-state index contributed by atoms with van der Waals surface area (Å²) in [6, 6.07) is 13.4. The summed E-state index contributed by atoms with van der Waals surface area (Å²) in [5.74, 6) is 0. The molecule has 6 heteroatoms. The van der Waals surface area contributed by atoms with E-state index in [0.717, 1.165) is 18.7 Å². The molecular formula is C14H18N2O2S2. The first-order chi connectivity index (χ1) is 9.59. The van der Waals surface area contributed by atoms with Crippen LogP contribution in [0.25, 0.3) is 0 Å². The topological polar surface area (TPSA) is 49.4 Å². The number of sulfonamides is 1. The van der Waals surface area contributed by atoms with E-state index in [0.29, 0.717) is 10.8 Å². The Morgan fingerprint density at radius 1 is 1.15 bits per heavy atom. The van der Waals surface area contributed by atoms with Crippen molar-refractivity contribution < 1.29 is 8.42 Å². The lowest BCUT2D eigenvalue weighted by Gasteiger charge is -2.19. The molecule has 0 atom stereocenters. The highest BCUT2D eigenvalue weighted by Gasteiger charge is 2.13. The van der Waals surface area contributed by atoms with E-state index in [4.69, 9.17) is 0 Å². The van der Waals surface area contributed by atoms with Gasteiger partial charge in [0.25, 0.3) is 0 Å². The second-order valence-electron chi connectivity index (χ2n) is 4.44. The van der Waals surface area contributed by atoms with E-state index in [9.17, 15) is 8.42 Å². The van der Waals surface area contributed by atoms with Crippen molar-refractivity contribution in [3.8, 4) is 0 Å². The van der Waals surface area contributed by atoms with Crippen molar-refractivity contribution in [2.45, 2.75) is 10.6 Å². The number of nitrogens with zero attached hydrogens (tertiary/aromatic N) is 1. The summed E-state index contributed by atoms with van der Waals surface area (Å²) < 4.78 is 26.8. The number of thiophene rings is 1. The molecule has 0 amide bonds. The Kier molecular flexibility index (Phi) is 5.17. The van der Waals surface area contributed by atoms with Crippen LogP contribution in [0, 0.1) is 0 Å². The van der Waals surface area contributed by atoms with Gasteiger partial charge in [-0.15, -0.1) is 11.3 Å². The summed E-state index contributed by atoms with van der Waals surface area (Å²) in [5, 5.41) is 1.76. The second kappa shape index (κ2) is 6.88. The number of benzene rings is 1. The summed E-state index contributed by atoms with van der Waals surface area (Å²) in [4.78, 5) is 2.11. The Balaban J connectivity index is 1.77. The zero-order valence-electron chi connectivity index (χ0n) is 11.3. The van der Waals surface area contributed by atoms with Gasteiger partial charge in [0.2, 0.25) is 10.0 Å². The lowest BCUT2D eigenvalue weighted by molar-refractivity contribution is 0.581. The third-order valence-electron chi connectivity index (χ3n) is 2.92. The van der Waals surface area contributed by atoms with Crippen LogP contribution in [0.3, 0.4) is 0 Å². The average molecular weight is 310 g/mol. The van der Waals surface area contributed by atoms with Crippen LogP contribution in [0.5, 0.6) is 0 Å². The molecule has 0 unspecified atom stereocenters. The van der Waals surface area contributed by atoms with E-state index < -0.39 is 10.0 Å². The molecule has 4 nitrogen and oxygen atoms in total. The predicted octanol–water partition coefficient (Wildman–Crippen LogP) is 2.55. The maximum atomic E-state index is 11.9. The van der Waals surface area contributed by atoms with Crippen LogP contribution in [0.2, 0.25) is 0 Å². The Morgan fingerprint density at radius 2 is 1.90 bits per heavy atom. The number of anilines is 1. The van der Waals surface area contributed by atoms with Crippen LogP contribution in [-0.2, 0) is 10.0 Å². The number of hydrogen-bond acceptors (Lipinski definition) is 4. The second-order valence-corrected chi connectivity index (χ2v) is 7.38. The minimum absolute atomic E-state index is 0.369. The molecule has 0 aliphatic rings. The van der Waals surface area contributed by atoms with Gasteiger partial charge < -0.3 is 4.90 Å². The highest BCUT2D eigenvalue weighted by Crippen LogP contribution is 2.15. The van der Waals surface area contributed by atoms with E-state index in [-0.39, 0.29) is 0 Å². The quantitative estimate of drug-likeness (QED) is 0.800. The van der Waals surface area contributed by atoms with Crippen molar-refractivity contribution in [3.63, 3.8) is 0 Å². The van der Waals surface area contributed by atoms with E-state index >= 15 is 0 Å². The summed E-state index contributed by atoms with van der Waals surface area (Å²) in [6.45, 7) is 1.24. The van der Waals surface area contributed by atoms with Crippen molar-refractivity contribution in [1.29, 1.82) is 0 Å². The Morgan fingerprint density at radius 3 is 2.55 bits per heavy atom. The number of hydrogen-bond donors (Lipinski definition) is 1. The lowest BCUT2D eigenvalue weighted by Crippen LogP contribution is -2.27. The maximum Gasteiger partial charge on any atom is 0.250 e. The zero-order valence-corrected chi connectivity index (χ0v) is 13.0. The van der Waals surface area contributed by atoms with Gasteiger partial charge in [-0.3, -0.25) is 0 Å². The van der Waals surface area contributed by atoms with E-state index in [1.807, 2.05) is 37.4 Å².